The summed E-state index contributed by atoms with van der Waals surface area (Å²) in [6.07, 6.45) is 2.09. The molecule has 0 bridgehead atoms. The molecule has 0 spiro atoms. The fourth-order valence-electron chi connectivity index (χ4n) is 3.00. The maximum absolute atomic E-state index is 12.4. The molecule has 0 unspecified atom stereocenters. The highest BCUT2D eigenvalue weighted by molar-refractivity contribution is 6.06. The summed E-state index contributed by atoms with van der Waals surface area (Å²) in [6.45, 7) is 13.4. The average molecular weight is 358 g/mol. The van der Waals surface area contributed by atoms with Gasteiger partial charge in [-0.05, 0) is 63.8 Å². The van der Waals surface area contributed by atoms with Gasteiger partial charge in [-0.15, -0.1) is 0 Å². The van der Waals surface area contributed by atoms with Crippen molar-refractivity contribution in [2.75, 3.05) is 5.32 Å². The van der Waals surface area contributed by atoms with Gasteiger partial charge in [-0.1, -0.05) is 20.8 Å². The molecule has 1 rings (SSSR count). The van der Waals surface area contributed by atoms with Gasteiger partial charge in [-0.25, -0.2) is 0 Å². The van der Waals surface area contributed by atoms with E-state index in [0.717, 1.165) is 6.42 Å². The monoisotopic (exact) mass is 358 g/mol. The lowest BCUT2D eigenvalue weighted by atomic mass is 9.81. The quantitative estimate of drug-likeness (QED) is 0.594. The Balaban J connectivity index is 2.71. The molecule has 0 aliphatic carbocycles. The van der Waals surface area contributed by atoms with Crippen LogP contribution in [0.3, 0.4) is 0 Å². The van der Waals surface area contributed by atoms with E-state index in [2.05, 4.69) is 31.4 Å². The number of carbonyl (C=O) groups is 3. The third-order valence-corrected chi connectivity index (χ3v) is 3.69. The van der Waals surface area contributed by atoms with Crippen LogP contribution in [0.2, 0.25) is 0 Å². The first kappa shape index (κ1) is 21.6. The number of nitrogens with one attached hydrogen (secondary N) is 2. The van der Waals surface area contributed by atoms with Gasteiger partial charge in [-0.3, -0.25) is 14.4 Å². The Morgan fingerprint density at radius 2 is 1.50 bits per heavy atom. The smallest absolute Gasteiger partial charge is 0.248 e. The van der Waals surface area contributed by atoms with E-state index in [1.54, 1.807) is 31.2 Å². The Kier molecular flexibility index (Phi) is 6.90. The van der Waals surface area contributed by atoms with Gasteiger partial charge >= 0.3 is 0 Å². The van der Waals surface area contributed by atoms with Crippen molar-refractivity contribution in [3.8, 4) is 0 Å². The van der Waals surface area contributed by atoms with Crippen molar-refractivity contribution in [1.29, 1.82) is 0 Å². The van der Waals surface area contributed by atoms with E-state index >= 15 is 0 Å². The minimum atomic E-state index is -0.387. The van der Waals surface area contributed by atoms with Gasteiger partial charge in [0.15, 0.2) is 5.78 Å². The van der Waals surface area contributed by atoms with Crippen molar-refractivity contribution in [2.45, 2.75) is 60.4 Å². The van der Waals surface area contributed by atoms with Crippen LogP contribution in [-0.2, 0) is 9.59 Å². The maximum Gasteiger partial charge on any atom is 0.248 e. The summed E-state index contributed by atoms with van der Waals surface area (Å²) >= 11 is 0. The summed E-state index contributed by atoms with van der Waals surface area (Å²) in [4.78, 5) is 35.7. The largest absolute Gasteiger partial charge is 0.347 e. The first-order chi connectivity index (χ1) is 11.8. The number of carbonyl (C=O) groups excluding carboxylic acids is 3. The summed E-state index contributed by atoms with van der Waals surface area (Å²) in [7, 11) is 0. The third-order valence-electron chi connectivity index (χ3n) is 3.69. The number of ketones is 1. The highest BCUT2D eigenvalue weighted by Gasteiger charge is 2.27. The number of benzene rings is 1. The zero-order valence-corrected chi connectivity index (χ0v) is 16.8. The predicted molar refractivity (Wildman–Crippen MR) is 105 cm³/mol. The van der Waals surface area contributed by atoms with Crippen LogP contribution >= 0.6 is 0 Å². The number of anilines is 1. The normalized spacial score (nSPS) is 12.5. The summed E-state index contributed by atoms with van der Waals surface area (Å²) in [6, 6.07) is 6.61. The lowest BCUT2D eigenvalue weighted by Gasteiger charge is -2.33. The Labute approximate surface area is 156 Å². The number of hydrogen-bond acceptors (Lipinski definition) is 3. The van der Waals surface area contributed by atoms with Crippen molar-refractivity contribution < 1.29 is 14.4 Å². The van der Waals surface area contributed by atoms with Crippen molar-refractivity contribution in [3.05, 3.63) is 41.5 Å². The molecule has 0 aliphatic rings. The fourth-order valence-corrected chi connectivity index (χ4v) is 3.00. The molecule has 0 fully saturated rings. The summed E-state index contributed by atoms with van der Waals surface area (Å²) in [5.74, 6) is -0.684. The molecule has 0 atom stereocenters. The first-order valence-corrected chi connectivity index (χ1v) is 8.72. The van der Waals surface area contributed by atoms with E-state index in [9.17, 15) is 14.4 Å². The van der Waals surface area contributed by atoms with E-state index in [0.29, 0.717) is 16.8 Å². The van der Waals surface area contributed by atoms with Crippen molar-refractivity contribution in [1.82, 2.24) is 5.32 Å². The second kappa shape index (κ2) is 8.30. The van der Waals surface area contributed by atoms with Gasteiger partial charge in [0.05, 0.1) is 0 Å². The van der Waals surface area contributed by atoms with Gasteiger partial charge < -0.3 is 10.6 Å². The predicted octanol–water partition coefficient (Wildman–Crippen LogP) is 4.11. The van der Waals surface area contributed by atoms with Crippen LogP contribution < -0.4 is 10.6 Å². The molecular formula is C21H30N2O3. The number of rotatable bonds is 6. The Bertz CT molecular complexity index is 708. The van der Waals surface area contributed by atoms with E-state index in [1.165, 1.54) is 13.0 Å². The molecule has 1 aromatic rings. The Morgan fingerprint density at radius 1 is 0.962 bits per heavy atom. The highest BCUT2D eigenvalue weighted by atomic mass is 16.2. The number of amides is 2. The second-order valence-corrected chi connectivity index (χ2v) is 8.53. The maximum atomic E-state index is 12.4. The fraction of sp³-hybridized carbons (Fsp3) is 0.476. The van der Waals surface area contributed by atoms with Gasteiger partial charge in [0.25, 0.3) is 0 Å². The van der Waals surface area contributed by atoms with E-state index < -0.39 is 0 Å². The van der Waals surface area contributed by atoms with Crippen LogP contribution in [0.4, 0.5) is 5.69 Å². The highest BCUT2D eigenvalue weighted by Crippen LogP contribution is 2.27. The molecule has 0 aromatic heterocycles. The van der Waals surface area contributed by atoms with Gasteiger partial charge in [0.1, 0.15) is 0 Å². The van der Waals surface area contributed by atoms with Crippen molar-refractivity contribution in [3.63, 3.8) is 0 Å². The molecule has 5 heteroatoms. The number of Topliss-reactive ketones (excluding diaryl/α,β-unsaturated/α-hetero) is 1. The molecule has 0 saturated heterocycles. The van der Waals surface area contributed by atoms with Crippen LogP contribution in [-0.4, -0.2) is 23.1 Å². The minimum Gasteiger partial charge on any atom is -0.347 e. The minimum absolute atomic E-state index is 0.0341. The third kappa shape index (κ3) is 7.64. The van der Waals surface area contributed by atoms with Crippen LogP contribution in [0.5, 0.6) is 0 Å². The standard InChI is InChI=1S/C21H30N2O3/c1-14(19(26)23-21(6,7)13-20(3,4)5)12-18(25)22-17-10-8-16(9-11-17)15(2)24/h8-12H,13H2,1-7H3,(H,22,25)(H,23,26)/b14-12-. The molecule has 2 N–H and O–H groups in total. The zero-order valence-electron chi connectivity index (χ0n) is 16.8. The molecule has 0 aliphatic heterocycles. The van der Waals surface area contributed by atoms with Gasteiger partial charge in [-0.2, -0.15) is 0 Å². The summed E-state index contributed by atoms with van der Waals surface area (Å²) < 4.78 is 0. The van der Waals surface area contributed by atoms with Crippen LogP contribution in [0.25, 0.3) is 0 Å². The number of hydrogen-bond donors (Lipinski definition) is 2. The molecule has 0 saturated carbocycles. The lowest BCUT2D eigenvalue weighted by Crippen LogP contribution is -2.46. The first-order valence-electron chi connectivity index (χ1n) is 8.72. The van der Waals surface area contributed by atoms with Crippen LogP contribution in [0, 0.1) is 5.41 Å². The summed E-state index contributed by atoms with van der Waals surface area (Å²) in [5.41, 5.74) is 1.19. The zero-order chi connectivity index (χ0) is 20.1. The molecule has 0 radical (unpaired) electrons. The molecule has 142 valence electrons. The van der Waals surface area contributed by atoms with E-state index in [-0.39, 0.29) is 28.6 Å². The topological polar surface area (TPSA) is 75.3 Å². The molecule has 0 heterocycles. The SMILES string of the molecule is CC(=O)c1ccc(NC(=O)/C=C(/C)C(=O)NC(C)(C)CC(C)(C)C)cc1. The molecule has 1 aromatic carbocycles. The Hall–Kier alpha value is -2.43. The molecule has 2 amide bonds. The molecule has 5 nitrogen and oxygen atoms in total. The average Bonchev–Trinajstić information content (AvgIpc) is 2.44. The van der Waals surface area contributed by atoms with Crippen LogP contribution in [0.1, 0.15) is 65.2 Å². The van der Waals surface area contributed by atoms with E-state index in [4.69, 9.17) is 0 Å². The van der Waals surface area contributed by atoms with Crippen molar-refractivity contribution in [2.24, 2.45) is 5.41 Å². The van der Waals surface area contributed by atoms with E-state index in [1.807, 2.05) is 13.8 Å². The van der Waals surface area contributed by atoms with Crippen LogP contribution in [0.15, 0.2) is 35.9 Å². The summed E-state index contributed by atoms with van der Waals surface area (Å²) in [5, 5.41) is 5.67. The Morgan fingerprint density at radius 3 is 1.96 bits per heavy atom. The van der Waals surface area contributed by atoms with Crippen molar-refractivity contribution >= 4 is 23.3 Å². The second-order valence-electron chi connectivity index (χ2n) is 8.53. The van der Waals surface area contributed by atoms with Gasteiger partial charge in [0.2, 0.25) is 11.8 Å². The lowest BCUT2D eigenvalue weighted by molar-refractivity contribution is -0.120. The molecule has 26 heavy (non-hydrogen) atoms. The van der Waals surface area contributed by atoms with Gasteiger partial charge in [0, 0.05) is 28.4 Å². The molecular weight excluding hydrogens is 328 g/mol.